The Bertz CT molecular complexity index is 3420. The highest BCUT2D eigenvalue weighted by Gasteiger charge is 2.21. The zero-order chi connectivity index (χ0) is 40.3. The van der Waals surface area contributed by atoms with Crippen LogP contribution in [0.3, 0.4) is 0 Å². The zero-order valence-corrected chi connectivity index (χ0v) is 33.1. The Morgan fingerprint density at radius 1 is 0.262 bits per heavy atom. The van der Waals surface area contributed by atoms with Crippen LogP contribution in [-0.2, 0) is 0 Å². The maximum atomic E-state index is 5.19. The summed E-state index contributed by atoms with van der Waals surface area (Å²) in [4.78, 5) is 15.4. The van der Waals surface area contributed by atoms with E-state index in [2.05, 4.69) is 187 Å². The van der Waals surface area contributed by atoms with Crippen molar-refractivity contribution in [1.29, 1.82) is 0 Å². The van der Waals surface area contributed by atoms with Crippen molar-refractivity contribution in [3.63, 3.8) is 0 Å². The largest absolute Gasteiger partial charge is 0.309 e. The molecule has 2 heterocycles. The van der Waals surface area contributed by atoms with E-state index < -0.39 is 0 Å². The lowest BCUT2D eigenvalue weighted by Crippen LogP contribution is -2.01. The van der Waals surface area contributed by atoms with Crippen LogP contribution in [0.15, 0.2) is 218 Å². The normalized spacial score (nSPS) is 11.6. The molecule has 0 aliphatic heterocycles. The van der Waals surface area contributed by atoms with Crippen LogP contribution in [-0.4, -0.2) is 19.5 Å². The molecule has 0 fully saturated rings. The van der Waals surface area contributed by atoms with E-state index in [1.807, 2.05) is 36.4 Å². The van der Waals surface area contributed by atoms with Gasteiger partial charge in [0.25, 0.3) is 0 Å². The molecule has 0 spiro atoms. The third-order valence-corrected chi connectivity index (χ3v) is 12.0. The van der Waals surface area contributed by atoms with Gasteiger partial charge in [-0.2, -0.15) is 0 Å². The van der Waals surface area contributed by atoms with Gasteiger partial charge in [0.2, 0.25) is 0 Å². The number of benzene rings is 10. The molecule has 10 aromatic carbocycles. The molecule has 0 saturated heterocycles. The van der Waals surface area contributed by atoms with Gasteiger partial charge in [0.1, 0.15) is 0 Å². The predicted molar refractivity (Wildman–Crippen MR) is 254 cm³/mol. The summed E-state index contributed by atoms with van der Waals surface area (Å²) < 4.78 is 2.48. The first-order valence-corrected chi connectivity index (χ1v) is 20.7. The fraction of sp³-hybridized carbons (Fsp3) is 0. The molecule has 4 nitrogen and oxygen atoms in total. The second kappa shape index (κ2) is 14.3. The molecule has 12 aromatic rings. The minimum Gasteiger partial charge on any atom is -0.309 e. The van der Waals surface area contributed by atoms with E-state index in [9.17, 15) is 0 Å². The molecular weight excluding hydrogens is 741 g/mol. The van der Waals surface area contributed by atoms with Crippen LogP contribution in [0.5, 0.6) is 0 Å². The number of nitrogens with zero attached hydrogens (tertiary/aromatic N) is 4. The van der Waals surface area contributed by atoms with Gasteiger partial charge in [-0.05, 0) is 74.1 Å². The van der Waals surface area contributed by atoms with Gasteiger partial charge in [0, 0.05) is 38.2 Å². The molecular formula is C57H36N4. The van der Waals surface area contributed by atoms with Crippen molar-refractivity contribution in [1.82, 2.24) is 19.5 Å². The van der Waals surface area contributed by atoms with Crippen molar-refractivity contribution in [2.24, 2.45) is 0 Å². The molecule has 284 valence electrons. The molecule has 4 heteroatoms. The molecule has 61 heavy (non-hydrogen) atoms. The summed E-state index contributed by atoms with van der Waals surface area (Å²) in [6.07, 6.45) is 0. The van der Waals surface area contributed by atoms with E-state index in [0.29, 0.717) is 17.5 Å². The van der Waals surface area contributed by atoms with Crippen molar-refractivity contribution in [3.05, 3.63) is 218 Å². The zero-order valence-electron chi connectivity index (χ0n) is 33.1. The number of rotatable bonds is 6. The number of hydrogen-bond donors (Lipinski definition) is 0. The van der Waals surface area contributed by atoms with Crippen LogP contribution in [0.1, 0.15) is 0 Å². The third-order valence-electron chi connectivity index (χ3n) is 12.0. The van der Waals surface area contributed by atoms with Crippen molar-refractivity contribution in [2.75, 3.05) is 0 Å². The van der Waals surface area contributed by atoms with Crippen molar-refractivity contribution >= 4 is 54.1 Å². The Kier molecular flexibility index (Phi) is 8.13. The minimum atomic E-state index is 0.643. The van der Waals surface area contributed by atoms with Crippen molar-refractivity contribution < 1.29 is 0 Å². The average molecular weight is 777 g/mol. The van der Waals surface area contributed by atoms with Crippen LogP contribution in [0.4, 0.5) is 0 Å². The maximum Gasteiger partial charge on any atom is 0.164 e. The topological polar surface area (TPSA) is 43.6 Å². The fourth-order valence-electron chi connectivity index (χ4n) is 9.24. The summed E-state index contributed by atoms with van der Waals surface area (Å²) in [6.45, 7) is 0. The number of aromatic nitrogens is 4. The second-order valence-electron chi connectivity index (χ2n) is 15.5. The minimum absolute atomic E-state index is 0.643. The summed E-state index contributed by atoms with van der Waals surface area (Å²) in [7, 11) is 0. The number of fused-ring (bicyclic) bond motifs is 9. The molecule has 12 rings (SSSR count). The van der Waals surface area contributed by atoms with Crippen LogP contribution >= 0.6 is 0 Å². The molecule has 0 atom stereocenters. The molecule has 2 aromatic heterocycles. The first-order valence-electron chi connectivity index (χ1n) is 20.7. The molecule has 0 unspecified atom stereocenters. The van der Waals surface area contributed by atoms with Gasteiger partial charge in [0.15, 0.2) is 17.5 Å². The van der Waals surface area contributed by atoms with Crippen LogP contribution in [0.2, 0.25) is 0 Å². The summed E-state index contributed by atoms with van der Waals surface area (Å²) in [5.74, 6) is 1.93. The highest BCUT2D eigenvalue weighted by molar-refractivity contribution is 6.30. The summed E-state index contributed by atoms with van der Waals surface area (Å²) in [5, 5.41) is 9.40. The molecule has 0 N–H and O–H groups in total. The molecule has 0 bridgehead atoms. The van der Waals surface area contributed by atoms with E-state index in [-0.39, 0.29) is 0 Å². The first-order chi connectivity index (χ1) is 30.3. The Morgan fingerprint density at radius 3 is 1.15 bits per heavy atom. The molecule has 0 aliphatic carbocycles. The van der Waals surface area contributed by atoms with Crippen LogP contribution in [0.25, 0.3) is 116 Å². The fourth-order valence-corrected chi connectivity index (χ4v) is 9.24. The molecule has 0 radical (unpaired) electrons. The SMILES string of the molecule is c1ccc(-c2ccc3c(c2)c2cc(-c4ccccc4)ccc2n3-c2cccc3c4cccc(-c5nc(-c6ccccc6)nc(-c6ccccc6)n5)c4c4ccccc4c23)cc1. The summed E-state index contributed by atoms with van der Waals surface area (Å²) >= 11 is 0. The Balaban J connectivity index is 1.14. The van der Waals surface area contributed by atoms with Crippen LogP contribution < -0.4 is 0 Å². The highest BCUT2D eigenvalue weighted by atomic mass is 15.0. The predicted octanol–water partition coefficient (Wildman–Crippen LogP) is 14.8. The van der Waals surface area contributed by atoms with E-state index >= 15 is 0 Å². The Morgan fingerprint density at radius 2 is 0.656 bits per heavy atom. The van der Waals surface area contributed by atoms with E-state index in [0.717, 1.165) is 49.6 Å². The maximum absolute atomic E-state index is 5.19. The van der Waals surface area contributed by atoms with Crippen LogP contribution in [0, 0.1) is 0 Å². The van der Waals surface area contributed by atoms with E-state index in [4.69, 9.17) is 15.0 Å². The second-order valence-corrected chi connectivity index (χ2v) is 15.5. The van der Waals surface area contributed by atoms with Gasteiger partial charge in [-0.25, -0.2) is 15.0 Å². The Labute approximate surface area is 352 Å². The lowest BCUT2D eigenvalue weighted by molar-refractivity contribution is 1.08. The number of hydrogen-bond acceptors (Lipinski definition) is 3. The molecule has 0 amide bonds. The van der Waals surface area contributed by atoms with E-state index in [1.54, 1.807) is 0 Å². The lowest BCUT2D eigenvalue weighted by Gasteiger charge is -2.18. The van der Waals surface area contributed by atoms with Crippen molar-refractivity contribution in [2.45, 2.75) is 0 Å². The average Bonchev–Trinajstić information content (AvgIpc) is 3.67. The summed E-state index contributed by atoms with van der Waals surface area (Å²) in [5.41, 5.74) is 11.1. The van der Waals surface area contributed by atoms with Gasteiger partial charge in [-0.3, -0.25) is 0 Å². The van der Waals surface area contributed by atoms with E-state index in [1.165, 1.54) is 49.2 Å². The monoisotopic (exact) mass is 776 g/mol. The standard InChI is InChI=1S/C57H36N4/c1-5-17-37(18-6-1)41-31-33-50-48(35-41)49-36-42(38-19-7-2-8-20-38)32-34-51(49)61(50)52-30-16-28-46-44-27-15-29-47(53(44)43-25-13-14-26-45(43)54(46)52)57-59-55(39-21-9-3-10-22-39)58-56(60-57)40-23-11-4-12-24-40/h1-36H. The van der Waals surface area contributed by atoms with Gasteiger partial charge in [-0.15, -0.1) is 0 Å². The Hall–Kier alpha value is -8.21. The molecule has 0 aliphatic rings. The molecule has 0 saturated carbocycles. The third kappa shape index (κ3) is 5.80. The van der Waals surface area contributed by atoms with Gasteiger partial charge in [0.05, 0.1) is 16.7 Å². The lowest BCUT2D eigenvalue weighted by atomic mass is 9.90. The summed E-state index contributed by atoms with van der Waals surface area (Å²) in [6, 6.07) is 77.7. The highest BCUT2D eigenvalue weighted by Crippen LogP contribution is 2.44. The van der Waals surface area contributed by atoms with Gasteiger partial charge < -0.3 is 4.57 Å². The first kappa shape index (κ1) is 34.8. The van der Waals surface area contributed by atoms with Gasteiger partial charge in [-0.1, -0.05) is 188 Å². The quantitative estimate of drug-likeness (QED) is 0.158. The smallest absolute Gasteiger partial charge is 0.164 e. The van der Waals surface area contributed by atoms with Crippen molar-refractivity contribution in [3.8, 4) is 62.1 Å². The van der Waals surface area contributed by atoms with Gasteiger partial charge >= 0.3 is 0 Å².